The molecule has 1 N–H and O–H groups in total. The molecular formula is C24H31ClN2O2S. The number of carbonyl (C=O) groups excluding carboxylic acids is 2. The van der Waals surface area contributed by atoms with Crippen LogP contribution in [0.25, 0.3) is 0 Å². The highest BCUT2D eigenvalue weighted by atomic mass is 35.5. The molecule has 0 aliphatic rings. The van der Waals surface area contributed by atoms with Crippen molar-refractivity contribution in [2.24, 2.45) is 0 Å². The minimum absolute atomic E-state index is 0.0337. The van der Waals surface area contributed by atoms with Crippen molar-refractivity contribution in [2.45, 2.75) is 51.4 Å². The van der Waals surface area contributed by atoms with Crippen molar-refractivity contribution in [2.75, 3.05) is 12.3 Å². The van der Waals surface area contributed by atoms with Gasteiger partial charge in [-0.1, -0.05) is 73.5 Å². The number of hydrogen-bond donors (Lipinski definition) is 1. The molecule has 0 saturated heterocycles. The Kier molecular flexibility index (Phi) is 10.8. The van der Waals surface area contributed by atoms with Crippen LogP contribution in [0.3, 0.4) is 0 Å². The zero-order valence-electron chi connectivity index (χ0n) is 17.8. The number of halogens is 1. The Morgan fingerprint density at radius 1 is 1.10 bits per heavy atom. The molecule has 0 aromatic heterocycles. The minimum atomic E-state index is -0.551. The molecule has 0 saturated carbocycles. The highest BCUT2D eigenvalue weighted by Crippen LogP contribution is 2.20. The van der Waals surface area contributed by atoms with Crippen molar-refractivity contribution in [3.05, 3.63) is 70.7 Å². The maximum absolute atomic E-state index is 13.0. The Balaban J connectivity index is 1.98. The van der Waals surface area contributed by atoms with E-state index >= 15 is 0 Å². The number of nitrogens with one attached hydrogen (secondary N) is 1. The van der Waals surface area contributed by atoms with E-state index < -0.39 is 6.04 Å². The molecule has 0 aliphatic heterocycles. The monoisotopic (exact) mass is 446 g/mol. The lowest BCUT2D eigenvalue weighted by Crippen LogP contribution is -2.47. The van der Waals surface area contributed by atoms with Gasteiger partial charge in [-0.15, -0.1) is 0 Å². The molecule has 0 bridgehead atoms. The number of unbranched alkanes of at least 4 members (excludes halogenated alkanes) is 1. The molecule has 4 nitrogen and oxygen atoms in total. The van der Waals surface area contributed by atoms with Crippen LogP contribution < -0.4 is 5.32 Å². The first kappa shape index (κ1) is 24.3. The largest absolute Gasteiger partial charge is 0.354 e. The van der Waals surface area contributed by atoms with E-state index in [4.69, 9.17) is 11.6 Å². The molecule has 0 spiro atoms. The van der Waals surface area contributed by atoms with Crippen LogP contribution >= 0.6 is 23.4 Å². The molecule has 2 amide bonds. The van der Waals surface area contributed by atoms with E-state index in [1.54, 1.807) is 29.7 Å². The van der Waals surface area contributed by atoms with Crippen molar-refractivity contribution < 1.29 is 9.59 Å². The van der Waals surface area contributed by atoms with Gasteiger partial charge in [0.15, 0.2) is 0 Å². The second kappa shape index (κ2) is 13.3. The van der Waals surface area contributed by atoms with E-state index in [1.165, 1.54) is 5.56 Å². The van der Waals surface area contributed by atoms with Gasteiger partial charge in [0.2, 0.25) is 11.8 Å². The van der Waals surface area contributed by atoms with Crippen LogP contribution in [0.5, 0.6) is 0 Å². The van der Waals surface area contributed by atoms with Crippen molar-refractivity contribution in [1.82, 2.24) is 10.2 Å². The maximum atomic E-state index is 13.0. The summed E-state index contributed by atoms with van der Waals surface area (Å²) in [5, 5.41) is 3.54. The van der Waals surface area contributed by atoms with Crippen LogP contribution in [0.15, 0.2) is 54.6 Å². The van der Waals surface area contributed by atoms with Gasteiger partial charge in [-0.3, -0.25) is 9.59 Å². The van der Waals surface area contributed by atoms with Crippen LogP contribution in [0.2, 0.25) is 5.02 Å². The standard InChI is InChI=1S/C24H31ClN2O2S/c1-3-4-15-26-24(29)19(2)27(17-21-12-8-9-13-22(21)25)23(28)14-16-30-18-20-10-6-5-7-11-20/h5-13,19H,3-4,14-18H2,1-2H3,(H,26,29)/t19-/m0/s1. The number of hydrogen-bond acceptors (Lipinski definition) is 3. The van der Waals surface area contributed by atoms with Gasteiger partial charge in [0.05, 0.1) is 0 Å². The number of benzene rings is 2. The summed E-state index contributed by atoms with van der Waals surface area (Å²) in [6.45, 7) is 4.81. The predicted octanol–water partition coefficient (Wildman–Crippen LogP) is 5.30. The van der Waals surface area contributed by atoms with E-state index in [2.05, 4.69) is 24.4 Å². The molecule has 0 heterocycles. The first-order chi connectivity index (χ1) is 14.5. The number of thioether (sulfide) groups is 1. The first-order valence-electron chi connectivity index (χ1n) is 10.4. The van der Waals surface area contributed by atoms with Crippen LogP contribution in [0.1, 0.15) is 44.2 Å². The molecule has 0 radical (unpaired) electrons. The van der Waals surface area contributed by atoms with Crippen LogP contribution in [0, 0.1) is 0 Å². The number of nitrogens with zero attached hydrogens (tertiary/aromatic N) is 1. The zero-order chi connectivity index (χ0) is 21.8. The molecule has 6 heteroatoms. The number of rotatable bonds is 12. The third-order valence-electron chi connectivity index (χ3n) is 4.87. The lowest BCUT2D eigenvalue weighted by atomic mass is 10.1. The normalized spacial score (nSPS) is 11.7. The van der Waals surface area contributed by atoms with E-state index in [0.717, 1.165) is 24.2 Å². The maximum Gasteiger partial charge on any atom is 0.242 e. The molecule has 2 aromatic rings. The van der Waals surface area contributed by atoms with Gasteiger partial charge in [-0.25, -0.2) is 0 Å². The number of amides is 2. The highest BCUT2D eigenvalue weighted by molar-refractivity contribution is 7.98. The van der Waals surface area contributed by atoms with Crippen molar-refractivity contribution in [3.63, 3.8) is 0 Å². The highest BCUT2D eigenvalue weighted by Gasteiger charge is 2.26. The molecule has 30 heavy (non-hydrogen) atoms. The molecular weight excluding hydrogens is 416 g/mol. The lowest BCUT2D eigenvalue weighted by molar-refractivity contribution is -0.140. The third-order valence-corrected chi connectivity index (χ3v) is 6.27. The second-order valence-electron chi connectivity index (χ2n) is 7.22. The lowest BCUT2D eigenvalue weighted by Gasteiger charge is -2.29. The summed E-state index contributed by atoms with van der Waals surface area (Å²) < 4.78 is 0. The van der Waals surface area contributed by atoms with Gasteiger partial charge in [0.25, 0.3) is 0 Å². The molecule has 0 fully saturated rings. The van der Waals surface area contributed by atoms with Crippen LogP contribution in [-0.2, 0) is 21.9 Å². The van der Waals surface area contributed by atoms with E-state index in [1.807, 2.05) is 36.4 Å². The topological polar surface area (TPSA) is 49.4 Å². The third kappa shape index (κ3) is 8.04. The zero-order valence-corrected chi connectivity index (χ0v) is 19.3. The van der Waals surface area contributed by atoms with Gasteiger partial charge in [0, 0.05) is 36.0 Å². The fourth-order valence-corrected chi connectivity index (χ4v) is 4.08. The Bertz CT molecular complexity index is 801. The fourth-order valence-electron chi connectivity index (χ4n) is 3.00. The average molecular weight is 447 g/mol. The van der Waals surface area contributed by atoms with E-state index in [9.17, 15) is 9.59 Å². The van der Waals surface area contributed by atoms with Gasteiger partial charge in [-0.2, -0.15) is 11.8 Å². The molecule has 2 rings (SSSR count). The van der Waals surface area contributed by atoms with E-state index in [-0.39, 0.29) is 11.8 Å². The molecule has 1 atom stereocenters. The van der Waals surface area contributed by atoms with Gasteiger partial charge in [-0.05, 0) is 30.5 Å². The summed E-state index contributed by atoms with van der Waals surface area (Å²) >= 11 is 8.04. The average Bonchev–Trinajstić information content (AvgIpc) is 2.76. The quantitative estimate of drug-likeness (QED) is 0.450. The van der Waals surface area contributed by atoms with Crippen LogP contribution in [0.4, 0.5) is 0 Å². The smallest absolute Gasteiger partial charge is 0.242 e. The number of carbonyl (C=O) groups is 2. The molecule has 0 aliphatic carbocycles. The summed E-state index contributed by atoms with van der Waals surface area (Å²) in [5.41, 5.74) is 2.09. The summed E-state index contributed by atoms with van der Waals surface area (Å²) in [5.74, 6) is 1.41. The van der Waals surface area contributed by atoms with Crippen LogP contribution in [-0.4, -0.2) is 35.1 Å². The van der Waals surface area contributed by atoms with Gasteiger partial charge in [0.1, 0.15) is 6.04 Å². The van der Waals surface area contributed by atoms with Crippen molar-refractivity contribution in [1.29, 1.82) is 0 Å². The fraction of sp³-hybridized carbons (Fsp3) is 0.417. The summed E-state index contributed by atoms with van der Waals surface area (Å²) in [7, 11) is 0. The van der Waals surface area contributed by atoms with E-state index in [0.29, 0.717) is 30.3 Å². The summed E-state index contributed by atoms with van der Waals surface area (Å²) in [6.07, 6.45) is 2.32. The SMILES string of the molecule is CCCCNC(=O)[C@H](C)N(Cc1ccccc1Cl)C(=O)CCSCc1ccccc1. The summed E-state index contributed by atoms with van der Waals surface area (Å²) in [4.78, 5) is 27.3. The Hall–Kier alpha value is -1.98. The van der Waals surface area contributed by atoms with Gasteiger partial charge >= 0.3 is 0 Å². The Morgan fingerprint density at radius 3 is 2.50 bits per heavy atom. The Labute approximate surface area is 189 Å². The molecule has 0 unspecified atom stereocenters. The van der Waals surface area contributed by atoms with Gasteiger partial charge < -0.3 is 10.2 Å². The molecule has 162 valence electrons. The van der Waals surface area contributed by atoms with Crippen molar-refractivity contribution in [3.8, 4) is 0 Å². The Morgan fingerprint density at radius 2 is 1.80 bits per heavy atom. The first-order valence-corrected chi connectivity index (χ1v) is 12.0. The molecule has 2 aromatic carbocycles. The van der Waals surface area contributed by atoms with Crippen molar-refractivity contribution >= 4 is 35.2 Å². The second-order valence-corrected chi connectivity index (χ2v) is 8.73. The summed E-state index contributed by atoms with van der Waals surface area (Å²) in [6, 6.07) is 17.1. The minimum Gasteiger partial charge on any atom is -0.354 e. The predicted molar refractivity (Wildman–Crippen MR) is 127 cm³/mol.